The molecule has 0 radical (unpaired) electrons. The first-order chi connectivity index (χ1) is 19.2. The number of allylic oxidation sites excluding steroid dienone is 1. The Kier molecular flexibility index (Phi) is 8.70. The summed E-state index contributed by atoms with van der Waals surface area (Å²) in [6.07, 6.45) is 3.64. The van der Waals surface area contributed by atoms with Gasteiger partial charge in [0.05, 0.1) is 40.9 Å². The van der Waals surface area contributed by atoms with Crippen molar-refractivity contribution in [2.45, 2.75) is 38.6 Å². The summed E-state index contributed by atoms with van der Waals surface area (Å²) >= 11 is 2.08. The van der Waals surface area contributed by atoms with Crippen molar-refractivity contribution in [2.24, 2.45) is 17.8 Å². The van der Waals surface area contributed by atoms with E-state index in [1.807, 2.05) is 37.3 Å². The van der Waals surface area contributed by atoms with Gasteiger partial charge in [-0.2, -0.15) is 0 Å². The molecule has 0 unspecified atom stereocenters. The van der Waals surface area contributed by atoms with Crippen LogP contribution in [0.3, 0.4) is 0 Å². The first kappa shape index (κ1) is 28.8. The maximum Gasteiger partial charge on any atom is 0.455 e. The minimum atomic E-state index is -1.03. The molecule has 2 amide bonds. The number of aromatic hydroxyl groups is 1. The van der Waals surface area contributed by atoms with E-state index in [2.05, 4.69) is 22.6 Å². The third kappa shape index (κ3) is 5.46. The summed E-state index contributed by atoms with van der Waals surface area (Å²) in [6.45, 7) is 2.37. The lowest BCUT2D eigenvalue weighted by Gasteiger charge is -2.43. The molecular formula is C30H33BINO7. The molecule has 0 spiro atoms. The molecule has 0 aromatic heterocycles. The van der Waals surface area contributed by atoms with Crippen LogP contribution in [-0.2, 0) is 19.0 Å². The minimum Gasteiger partial charge on any atom is -0.504 e. The number of benzene rings is 2. The summed E-state index contributed by atoms with van der Waals surface area (Å²) in [5.41, 5.74) is 4.56. The zero-order chi connectivity index (χ0) is 28.6. The largest absolute Gasteiger partial charge is 0.504 e. The SMILES string of the molecule is COCC1=C2[C@@H](CC/C(C)=C/c3cc(I)c(O)c(OC)c3)OB(O)C[C@@H]2[C@@H]2C(=O)N(c3ccccc3)C(=O)[C@@H]2C1. The van der Waals surface area contributed by atoms with Gasteiger partial charge in [0, 0.05) is 7.11 Å². The number of amides is 2. The lowest BCUT2D eigenvalue weighted by molar-refractivity contribution is -0.122. The van der Waals surface area contributed by atoms with Crippen molar-refractivity contribution >= 4 is 53.3 Å². The Morgan fingerprint density at radius 2 is 1.93 bits per heavy atom. The van der Waals surface area contributed by atoms with Gasteiger partial charge in [-0.3, -0.25) is 14.5 Å². The fourth-order valence-electron chi connectivity index (χ4n) is 6.45. The highest BCUT2D eigenvalue weighted by Gasteiger charge is 2.57. The molecule has 2 aromatic carbocycles. The Morgan fingerprint density at radius 3 is 2.62 bits per heavy atom. The Balaban J connectivity index is 1.41. The van der Waals surface area contributed by atoms with E-state index in [0.29, 0.717) is 40.9 Å². The number of ether oxygens (including phenoxy) is 2. The molecule has 3 aliphatic rings. The van der Waals surface area contributed by atoms with Gasteiger partial charge in [-0.05, 0) is 102 Å². The van der Waals surface area contributed by atoms with E-state index < -0.39 is 25.1 Å². The van der Waals surface area contributed by atoms with Crippen LogP contribution in [0.5, 0.6) is 11.5 Å². The van der Waals surface area contributed by atoms with Gasteiger partial charge in [0.25, 0.3) is 0 Å². The lowest BCUT2D eigenvalue weighted by Crippen LogP contribution is -2.46. The molecule has 4 atom stereocenters. The monoisotopic (exact) mass is 657 g/mol. The maximum absolute atomic E-state index is 13.7. The zero-order valence-corrected chi connectivity index (χ0v) is 25.0. The molecule has 0 saturated carbocycles. The van der Waals surface area contributed by atoms with E-state index in [1.54, 1.807) is 25.3 Å². The summed E-state index contributed by atoms with van der Waals surface area (Å²) < 4.78 is 17.6. The third-order valence-electron chi connectivity index (χ3n) is 8.13. The highest BCUT2D eigenvalue weighted by Crippen LogP contribution is 2.51. The van der Waals surface area contributed by atoms with Crippen LogP contribution in [0.15, 0.2) is 59.2 Å². The average Bonchev–Trinajstić information content (AvgIpc) is 3.18. The van der Waals surface area contributed by atoms with Gasteiger partial charge in [0.15, 0.2) is 11.5 Å². The molecule has 10 heteroatoms. The van der Waals surface area contributed by atoms with Crippen LogP contribution in [0.4, 0.5) is 5.69 Å². The minimum absolute atomic E-state index is 0.118. The van der Waals surface area contributed by atoms with Crippen LogP contribution >= 0.6 is 22.6 Å². The van der Waals surface area contributed by atoms with Gasteiger partial charge in [0.1, 0.15) is 0 Å². The molecule has 2 heterocycles. The first-order valence-corrected chi connectivity index (χ1v) is 14.5. The number of hydrogen-bond acceptors (Lipinski definition) is 7. The van der Waals surface area contributed by atoms with E-state index >= 15 is 0 Å². The third-order valence-corrected chi connectivity index (χ3v) is 8.95. The van der Waals surface area contributed by atoms with Gasteiger partial charge in [-0.1, -0.05) is 29.8 Å². The number of rotatable bonds is 8. The van der Waals surface area contributed by atoms with Crippen LogP contribution in [-0.4, -0.2) is 56.0 Å². The second-order valence-corrected chi connectivity index (χ2v) is 11.8. The number of carbonyl (C=O) groups is 2. The molecule has 40 heavy (non-hydrogen) atoms. The van der Waals surface area contributed by atoms with E-state index in [-0.39, 0.29) is 29.8 Å². The lowest BCUT2D eigenvalue weighted by atomic mass is 9.58. The number of imide groups is 1. The fourth-order valence-corrected chi connectivity index (χ4v) is 7.08. The van der Waals surface area contributed by atoms with Crippen LogP contribution in [0.25, 0.3) is 6.08 Å². The van der Waals surface area contributed by atoms with Crippen LogP contribution in [0, 0.1) is 21.3 Å². The molecule has 0 bridgehead atoms. The number of para-hydroxylation sites is 1. The van der Waals surface area contributed by atoms with E-state index in [4.69, 9.17) is 14.1 Å². The summed E-state index contributed by atoms with van der Waals surface area (Å²) in [7, 11) is 2.12. The number of nitrogens with zero attached hydrogens (tertiary/aromatic N) is 1. The van der Waals surface area contributed by atoms with Crippen molar-refractivity contribution < 1.29 is 33.8 Å². The van der Waals surface area contributed by atoms with Crippen molar-refractivity contribution in [3.05, 3.63) is 68.3 Å². The van der Waals surface area contributed by atoms with Crippen molar-refractivity contribution in [3.8, 4) is 11.5 Å². The molecular weight excluding hydrogens is 624 g/mol. The smallest absolute Gasteiger partial charge is 0.455 e. The highest BCUT2D eigenvalue weighted by molar-refractivity contribution is 14.1. The molecule has 2 aromatic rings. The Bertz CT molecular complexity index is 1360. The van der Waals surface area contributed by atoms with Crippen molar-refractivity contribution in [2.75, 3.05) is 25.7 Å². The second kappa shape index (κ2) is 12.1. The highest BCUT2D eigenvalue weighted by atomic mass is 127. The normalized spacial score (nSPS) is 24.9. The summed E-state index contributed by atoms with van der Waals surface area (Å²) in [5, 5.41) is 20.9. The predicted octanol–water partition coefficient (Wildman–Crippen LogP) is 4.84. The van der Waals surface area contributed by atoms with Crippen molar-refractivity contribution in [1.29, 1.82) is 0 Å². The van der Waals surface area contributed by atoms with E-state index in [9.17, 15) is 19.7 Å². The number of methoxy groups -OCH3 is 2. The summed E-state index contributed by atoms with van der Waals surface area (Å²) in [4.78, 5) is 28.6. The molecule has 1 aliphatic carbocycles. The van der Waals surface area contributed by atoms with E-state index in [1.165, 1.54) is 12.0 Å². The number of anilines is 1. The molecule has 2 fully saturated rings. The quantitative estimate of drug-likeness (QED) is 0.181. The molecule has 5 rings (SSSR count). The number of carbonyl (C=O) groups excluding carboxylic acids is 2. The number of hydrogen-bond donors (Lipinski definition) is 2. The standard InChI is InChI=1S/C30H33BINO7/c1-17(11-18-12-23(32)28(34)25(13-18)39-3)9-10-24-26-19(16-38-2)14-21-27(22(26)15-31(37)40-24)30(36)33(29(21)35)20-7-5-4-6-8-20/h4-8,11-13,21-22,24,27,34,37H,9-10,14-16H2,1-3H3/b17-11+/t21-,22+,24-,27-/m1/s1. The molecule has 2 aliphatic heterocycles. The first-order valence-electron chi connectivity index (χ1n) is 13.4. The Hall–Kier alpha value is -2.67. The van der Waals surface area contributed by atoms with Crippen molar-refractivity contribution in [1.82, 2.24) is 0 Å². The van der Waals surface area contributed by atoms with Gasteiger partial charge >= 0.3 is 7.12 Å². The molecule has 210 valence electrons. The Labute approximate surface area is 248 Å². The maximum atomic E-state index is 13.7. The molecule has 2 N–H and O–H groups in total. The second-order valence-electron chi connectivity index (χ2n) is 10.7. The number of phenols is 1. The number of phenolic OH excluding ortho intramolecular Hbond substituents is 1. The predicted molar refractivity (Wildman–Crippen MR) is 161 cm³/mol. The van der Waals surface area contributed by atoms with Crippen molar-refractivity contribution in [3.63, 3.8) is 0 Å². The summed E-state index contributed by atoms with van der Waals surface area (Å²) in [5.74, 6) is -1.18. The number of fused-ring (bicyclic) bond motifs is 3. The van der Waals surface area contributed by atoms with Gasteiger partial charge in [-0.15, -0.1) is 0 Å². The Morgan fingerprint density at radius 1 is 1.18 bits per heavy atom. The molecule has 8 nitrogen and oxygen atoms in total. The van der Waals surface area contributed by atoms with E-state index in [0.717, 1.165) is 22.3 Å². The van der Waals surface area contributed by atoms with Crippen LogP contribution in [0.2, 0.25) is 6.32 Å². The fraction of sp³-hybridized carbons (Fsp3) is 0.400. The van der Waals surface area contributed by atoms with Gasteiger partial charge in [0.2, 0.25) is 11.8 Å². The topological polar surface area (TPSA) is 106 Å². The van der Waals surface area contributed by atoms with Crippen LogP contribution in [0.1, 0.15) is 31.7 Å². The average molecular weight is 657 g/mol. The zero-order valence-electron chi connectivity index (χ0n) is 22.8. The summed E-state index contributed by atoms with van der Waals surface area (Å²) in [6, 6.07) is 12.7. The molecule has 2 saturated heterocycles. The van der Waals surface area contributed by atoms with Gasteiger partial charge < -0.3 is 24.3 Å². The van der Waals surface area contributed by atoms with Gasteiger partial charge in [-0.25, -0.2) is 0 Å². The van der Waals surface area contributed by atoms with Crippen LogP contribution < -0.4 is 9.64 Å². The number of halogens is 1.